The van der Waals surface area contributed by atoms with E-state index in [2.05, 4.69) is 0 Å². The first-order valence-corrected chi connectivity index (χ1v) is 6.26. The minimum Gasteiger partial charge on any atom is -0.497 e. The minimum atomic E-state index is -0.601. The molecule has 0 saturated heterocycles. The van der Waals surface area contributed by atoms with Crippen molar-refractivity contribution in [1.29, 1.82) is 0 Å². The van der Waals surface area contributed by atoms with E-state index in [9.17, 15) is 9.18 Å². The number of carbonyl (C=O) groups is 1. The highest BCUT2D eigenvalue weighted by Crippen LogP contribution is 2.21. The fourth-order valence-corrected chi connectivity index (χ4v) is 1.86. The highest BCUT2D eigenvalue weighted by molar-refractivity contribution is 6.09. The Morgan fingerprint density at radius 3 is 2.60 bits per heavy atom. The molecule has 0 aliphatic carbocycles. The lowest BCUT2D eigenvalue weighted by atomic mass is 10.0. The third-order valence-corrected chi connectivity index (χ3v) is 2.83. The van der Waals surface area contributed by atoms with E-state index in [-0.39, 0.29) is 11.3 Å². The van der Waals surface area contributed by atoms with Crippen molar-refractivity contribution in [3.8, 4) is 11.5 Å². The second-order valence-corrected chi connectivity index (χ2v) is 4.14. The molecule has 0 aliphatic heterocycles. The minimum absolute atomic E-state index is 0.0134. The van der Waals surface area contributed by atoms with Gasteiger partial charge in [-0.15, -0.1) is 0 Å². The fourth-order valence-electron chi connectivity index (χ4n) is 1.86. The summed E-state index contributed by atoms with van der Waals surface area (Å²) in [5.74, 6) is -0.0164. The van der Waals surface area contributed by atoms with Crippen molar-refractivity contribution in [3.63, 3.8) is 0 Å². The van der Waals surface area contributed by atoms with Crippen molar-refractivity contribution in [1.82, 2.24) is 0 Å². The normalized spacial score (nSPS) is 10.2. The number of hydrogen-bond donors (Lipinski definition) is 0. The van der Waals surface area contributed by atoms with Gasteiger partial charge in [-0.25, -0.2) is 4.39 Å². The van der Waals surface area contributed by atoms with Crippen LogP contribution in [0, 0.1) is 5.82 Å². The molecule has 20 heavy (non-hydrogen) atoms. The highest BCUT2D eigenvalue weighted by Gasteiger charge is 2.15. The quantitative estimate of drug-likeness (QED) is 0.783. The Bertz CT molecular complexity index is 623. The van der Waals surface area contributed by atoms with Crippen LogP contribution in [0.15, 0.2) is 42.5 Å². The summed E-state index contributed by atoms with van der Waals surface area (Å²) in [5.41, 5.74) is 0.402. The molecule has 0 radical (unpaired) electrons. The summed E-state index contributed by atoms with van der Waals surface area (Å²) >= 11 is 0. The first kappa shape index (κ1) is 14.1. The molecule has 3 nitrogen and oxygen atoms in total. The van der Waals surface area contributed by atoms with E-state index >= 15 is 0 Å². The third-order valence-electron chi connectivity index (χ3n) is 2.83. The summed E-state index contributed by atoms with van der Waals surface area (Å²) in [7, 11) is 1.45. The highest BCUT2D eigenvalue weighted by atomic mass is 19.1. The van der Waals surface area contributed by atoms with Crippen LogP contribution in [0.4, 0.5) is 4.39 Å². The molecule has 2 rings (SSSR count). The molecule has 0 atom stereocenters. The van der Waals surface area contributed by atoms with Crippen LogP contribution < -0.4 is 9.47 Å². The van der Waals surface area contributed by atoms with Crippen LogP contribution in [0.3, 0.4) is 0 Å². The number of ketones is 1. The second-order valence-electron chi connectivity index (χ2n) is 4.14. The Hall–Kier alpha value is -2.36. The number of benzene rings is 2. The van der Waals surface area contributed by atoms with Gasteiger partial charge in [0, 0.05) is 11.6 Å². The van der Waals surface area contributed by atoms with Gasteiger partial charge in [0.05, 0.1) is 19.3 Å². The predicted octanol–water partition coefficient (Wildman–Crippen LogP) is 3.46. The van der Waals surface area contributed by atoms with E-state index in [0.717, 1.165) is 0 Å². The molecule has 0 fully saturated rings. The van der Waals surface area contributed by atoms with Gasteiger partial charge in [0.2, 0.25) is 0 Å². The van der Waals surface area contributed by atoms with E-state index in [0.29, 0.717) is 23.7 Å². The smallest absolute Gasteiger partial charge is 0.196 e. The van der Waals surface area contributed by atoms with Gasteiger partial charge >= 0.3 is 0 Å². The molecule has 2 aromatic carbocycles. The summed E-state index contributed by atoms with van der Waals surface area (Å²) < 4.78 is 24.1. The number of hydrogen-bond acceptors (Lipinski definition) is 3. The van der Waals surface area contributed by atoms with Gasteiger partial charge in [0.15, 0.2) is 5.78 Å². The summed E-state index contributed by atoms with van der Waals surface area (Å²) in [6.45, 7) is 2.37. The van der Waals surface area contributed by atoms with Gasteiger partial charge in [-0.1, -0.05) is 12.1 Å². The number of methoxy groups -OCH3 is 1. The van der Waals surface area contributed by atoms with Gasteiger partial charge < -0.3 is 9.47 Å². The molecular formula is C16H15FO3. The number of ether oxygens (including phenoxy) is 2. The summed E-state index contributed by atoms with van der Waals surface area (Å²) in [6, 6.07) is 10.9. The topological polar surface area (TPSA) is 35.5 Å². The molecular weight excluding hydrogens is 259 g/mol. The lowest BCUT2D eigenvalue weighted by Crippen LogP contribution is -2.05. The Balaban J connectivity index is 2.33. The van der Waals surface area contributed by atoms with Gasteiger partial charge in [-0.3, -0.25) is 4.79 Å². The van der Waals surface area contributed by atoms with Crippen molar-refractivity contribution in [2.24, 2.45) is 0 Å². The monoisotopic (exact) mass is 274 g/mol. The number of carbonyl (C=O) groups excluding carboxylic acids is 1. The summed E-state index contributed by atoms with van der Waals surface area (Å²) in [5, 5.41) is 0. The molecule has 0 aliphatic rings. The van der Waals surface area contributed by atoms with Crippen LogP contribution in [0.2, 0.25) is 0 Å². The fraction of sp³-hybridized carbons (Fsp3) is 0.188. The standard InChI is InChI=1S/C16H15FO3/c1-3-20-13-6-4-5-11(9-13)16(18)14-8-7-12(19-2)10-15(14)17/h4-10H,3H2,1-2H3. The van der Waals surface area contributed by atoms with E-state index < -0.39 is 5.82 Å². The SMILES string of the molecule is CCOc1cccc(C(=O)c2ccc(OC)cc2F)c1. The van der Waals surface area contributed by atoms with Crippen molar-refractivity contribution in [2.45, 2.75) is 6.92 Å². The number of halogens is 1. The van der Waals surface area contributed by atoms with Crippen molar-refractivity contribution >= 4 is 5.78 Å². The Labute approximate surface area is 117 Å². The van der Waals surface area contributed by atoms with Crippen LogP contribution in [-0.2, 0) is 0 Å². The first-order chi connectivity index (χ1) is 9.65. The molecule has 4 heteroatoms. The van der Waals surface area contributed by atoms with Crippen molar-refractivity contribution in [2.75, 3.05) is 13.7 Å². The maximum absolute atomic E-state index is 13.9. The Morgan fingerprint density at radius 1 is 1.15 bits per heavy atom. The average Bonchev–Trinajstić information content (AvgIpc) is 2.47. The second kappa shape index (κ2) is 6.19. The van der Waals surface area contributed by atoms with Crippen LogP contribution >= 0.6 is 0 Å². The van der Waals surface area contributed by atoms with Crippen molar-refractivity contribution < 1.29 is 18.7 Å². The van der Waals surface area contributed by atoms with Crippen molar-refractivity contribution in [3.05, 3.63) is 59.4 Å². The molecule has 0 amide bonds. The molecule has 0 spiro atoms. The zero-order chi connectivity index (χ0) is 14.5. The average molecular weight is 274 g/mol. The van der Waals surface area contributed by atoms with Crippen LogP contribution in [0.1, 0.15) is 22.8 Å². The zero-order valence-corrected chi connectivity index (χ0v) is 11.4. The largest absolute Gasteiger partial charge is 0.497 e. The molecule has 2 aromatic rings. The summed E-state index contributed by atoms with van der Waals surface area (Å²) in [4.78, 5) is 12.3. The third kappa shape index (κ3) is 2.96. The Kier molecular flexibility index (Phi) is 4.35. The molecule has 104 valence electrons. The molecule has 0 N–H and O–H groups in total. The molecule has 0 saturated carbocycles. The van der Waals surface area contributed by atoms with E-state index in [1.165, 1.54) is 19.2 Å². The van der Waals surface area contributed by atoms with E-state index in [1.54, 1.807) is 30.3 Å². The maximum Gasteiger partial charge on any atom is 0.196 e. The molecule has 0 aromatic heterocycles. The summed E-state index contributed by atoms with van der Waals surface area (Å²) in [6.07, 6.45) is 0. The lowest BCUT2D eigenvalue weighted by Gasteiger charge is -2.07. The molecule has 0 bridgehead atoms. The van der Waals surface area contributed by atoms with E-state index in [1.807, 2.05) is 6.92 Å². The predicted molar refractivity (Wildman–Crippen MR) is 74.0 cm³/mol. The van der Waals surface area contributed by atoms with Gasteiger partial charge in [-0.2, -0.15) is 0 Å². The Morgan fingerprint density at radius 2 is 1.95 bits per heavy atom. The lowest BCUT2D eigenvalue weighted by molar-refractivity contribution is 0.103. The number of rotatable bonds is 5. The van der Waals surface area contributed by atoms with Crippen LogP contribution in [0.25, 0.3) is 0 Å². The van der Waals surface area contributed by atoms with Gasteiger partial charge in [-0.05, 0) is 31.2 Å². The molecule has 0 heterocycles. The van der Waals surface area contributed by atoms with Gasteiger partial charge in [0.1, 0.15) is 17.3 Å². The van der Waals surface area contributed by atoms with Gasteiger partial charge in [0.25, 0.3) is 0 Å². The first-order valence-electron chi connectivity index (χ1n) is 6.26. The zero-order valence-electron chi connectivity index (χ0n) is 11.4. The van der Waals surface area contributed by atoms with Crippen LogP contribution in [0.5, 0.6) is 11.5 Å². The molecule has 0 unspecified atom stereocenters. The maximum atomic E-state index is 13.9. The van der Waals surface area contributed by atoms with E-state index in [4.69, 9.17) is 9.47 Å². The van der Waals surface area contributed by atoms with Crippen LogP contribution in [-0.4, -0.2) is 19.5 Å².